The first-order valence-corrected chi connectivity index (χ1v) is 9.54. The Balaban J connectivity index is 2.11. The quantitative estimate of drug-likeness (QED) is 0.446. The van der Waals surface area contributed by atoms with Crippen LogP contribution in [-0.2, 0) is 9.59 Å². The molecule has 1 aliphatic heterocycles. The maximum Gasteiger partial charge on any atom is 0.295 e. The van der Waals surface area contributed by atoms with E-state index in [1.807, 2.05) is 19.0 Å². The minimum atomic E-state index is -0.697. The van der Waals surface area contributed by atoms with Crippen LogP contribution in [0, 0.1) is 0 Å². The number of methoxy groups -OCH3 is 1. The molecule has 0 bridgehead atoms. The number of likely N-dealkylation sites (N-methyl/N-ethyl adjacent to an activating group) is 1. The Kier molecular flexibility index (Phi) is 6.25. The Labute approximate surface area is 174 Å². The number of aliphatic hydroxyl groups is 1. The van der Waals surface area contributed by atoms with Gasteiger partial charge in [0, 0.05) is 23.7 Å². The molecule has 0 aromatic heterocycles. The van der Waals surface area contributed by atoms with Gasteiger partial charge < -0.3 is 19.6 Å². The molecule has 2 aromatic rings. The standard InChI is InChI=1S/C22H23ClN2O4/c1-24(2)12-13-25-19(14-4-8-16(23)9-5-14)18(21(27)22(25)28)20(26)15-6-10-17(29-3)11-7-15/h4-11,19,26H,12-13H2,1-3H3/b20-18-. The molecule has 0 saturated carbocycles. The SMILES string of the molecule is COc1ccc(/C(O)=C2/C(=O)C(=O)N(CCN(C)C)C2c2ccc(Cl)cc2)cc1. The molecule has 1 amide bonds. The van der Waals surface area contributed by atoms with E-state index in [1.165, 1.54) is 4.90 Å². The minimum absolute atomic E-state index is 0.0706. The van der Waals surface area contributed by atoms with Crippen molar-refractivity contribution in [3.05, 3.63) is 70.3 Å². The number of Topliss-reactive ketones (excluding diaryl/α,β-unsaturated/α-hetero) is 1. The van der Waals surface area contributed by atoms with Crippen molar-refractivity contribution in [3.63, 3.8) is 0 Å². The molecule has 1 fully saturated rings. The largest absolute Gasteiger partial charge is 0.507 e. The van der Waals surface area contributed by atoms with Crippen molar-refractivity contribution in [1.29, 1.82) is 0 Å². The normalized spacial score (nSPS) is 18.5. The average Bonchev–Trinajstić information content (AvgIpc) is 2.97. The van der Waals surface area contributed by atoms with Crippen molar-refractivity contribution in [2.75, 3.05) is 34.3 Å². The molecular formula is C22H23ClN2O4. The molecule has 7 heteroatoms. The van der Waals surface area contributed by atoms with Gasteiger partial charge >= 0.3 is 0 Å². The fourth-order valence-corrected chi connectivity index (χ4v) is 3.44. The van der Waals surface area contributed by atoms with Gasteiger partial charge in [-0.05, 0) is 56.1 Å². The van der Waals surface area contributed by atoms with Gasteiger partial charge in [0.25, 0.3) is 11.7 Å². The van der Waals surface area contributed by atoms with E-state index in [-0.39, 0.29) is 11.3 Å². The van der Waals surface area contributed by atoms with Crippen LogP contribution in [0.2, 0.25) is 5.02 Å². The second-order valence-corrected chi connectivity index (χ2v) is 7.51. The Morgan fingerprint density at radius 1 is 1.10 bits per heavy atom. The highest BCUT2D eigenvalue weighted by Gasteiger charge is 2.45. The zero-order valence-corrected chi connectivity index (χ0v) is 17.3. The number of aliphatic hydroxyl groups excluding tert-OH is 1. The Hall–Kier alpha value is -2.83. The number of carbonyl (C=O) groups excluding carboxylic acids is 2. The zero-order valence-electron chi connectivity index (χ0n) is 16.6. The average molecular weight is 415 g/mol. The molecule has 29 heavy (non-hydrogen) atoms. The van der Waals surface area contributed by atoms with Gasteiger partial charge in [0.2, 0.25) is 0 Å². The third-order valence-electron chi connectivity index (χ3n) is 4.88. The molecule has 1 N–H and O–H groups in total. The lowest BCUT2D eigenvalue weighted by molar-refractivity contribution is -0.140. The second-order valence-electron chi connectivity index (χ2n) is 7.08. The summed E-state index contributed by atoms with van der Waals surface area (Å²) in [6, 6.07) is 12.9. The smallest absolute Gasteiger partial charge is 0.295 e. The van der Waals surface area contributed by atoms with E-state index in [4.69, 9.17) is 16.3 Å². The topological polar surface area (TPSA) is 70.1 Å². The molecule has 3 rings (SSSR count). The molecule has 1 atom stereocenters. The molecule has 1 unspecified atom stereocenters. The van der Waals surface area contributed by atoms with Gasteiger partial charge in [-0.15, -0.1) is 0 Å². The number of likely N-dealkylation sites (tertiary alicyclic amines) is 1. The summed E-state index contributed by atoms with van der Waals surface area (Å²) in [6.45, 7) is 0.934. The van der Waals surface area contributed by atoms with E-state index in [0.717, 1.165) is 0 Å². The predicted molar refractivity (Wildman–Crippen MR) is 112 cm³/mol. The van der Waals surface area contributed by atoms with Crippen LogP contribution in [0.25, 0.3) is 5.76 Å². The Bertz CT molecular complexity index is 936. The highest BCUT2D eigenvalue weighted by Crippen LogP contribution is 2.39. The van der Waals surface area contributed by atoms with E-state index in [0.29, 0.717) is 35.0 Å². The number of amides is 1. The van der Waals surface area contributed by atoms with Gasteiger partial charge in [-0.25, -0.2) is 0 Å². The van der Waals surface area contributed by atoms with E-state index in [2.05, 4.69) is 0 Å². The minimum Gasteiger partial charge on any atom is -0.507 e. The van der Waals surface area contributed by atoms with Crippen molar-refractivity contribution in [3.8, 4) is 5.75 Å². The molecule has 6 nitrogen and oxygen atoms in total. The van der Waals surface area contributed by atoms with E-state index in [9.17, 15) is 14.7 Å². The summed E-state index contributed by atoms with van der Waals surface area (Å²) in [6.07, 6.45) is 0. The van der Waals surface area contributed by atoms with Gasteiger partial charge in [0.1, 0.15) is 11.5 Å². The molecule has 2 aromatic carbocycles. The van der Waals surface area contributed by atoms with E-state index < -0.39 is 17.7 Å². The number of benzene rings is 2. The van der Waals surface area contributed by atoms with Gasteiger partial charge in [-0.2, -0.15) is 0 Å². The van der Waals surface area contributed by atoms with Crippen LogP contribution >= 0.6 is 11.6 Å². The lowest BCUT2D eigenvalue weighted by atomic mass is 9.95. The van der Waals surface area contributed by atoms with E-state index >= 15 is 0 Å². The van der Waals surface area contributed by atoms with Gasteiger partial charge in [0.15, 0.2) is 0 Å². The first-order valence-electron chi connectivity index (χ1n) is 9.16. The van der Waals surface area contributed by atoms with Crippen LogP contribution in [0.5, 0.6) is 5.75 Å². The number of nitrogens with zero attached hydrogens (tertiary/aromatic N) is 2. The maximum absolute atomic E-state index is 12.9. The fourth-order valence-electron chi connectivity index (χ4n) is 3.31. The molecule has 152 valence electrons. The van der Waals surface area contributed by atoms with Crippen LogP contribution in [0.1, 0.15) is 17.2 Å². The van der Waals surface area contributed by atoms with Crippen molar-refractivity contribution in [1.82, 2.24) is 9.80 Å². The lowest BCUT2D eigenvalue weighted by Gasteiger charge is -2.26. The zero-order chi connectivity index (χ0) is 21.1. The van der Waals surface area contributed by atoms with Crippen LogP contribution in [-0.4, -0.2) is 60.9 Å². The number of rotatable bonds is 6. The Morgan fingerprint density at radius 2 is 1.72 bits per heavy atom. The monoisotopic (exact) mass is 414 g/mol. The third-order valence-corrected chi connectivity index (χ3v) is 5.13. The summed E-state index contributed by atoms with van der Waals surface area (Å²) in [5.41, 5.74) is 1.22. The summed E-state index contributed by atoms with van der Waals surface area (Å²) in [5, 5.41) is 11.5. The maximum atomic E-state index is 12.9. The predicted octanol–water partition coefficient (Wildman–Crippen LogP) is 3.33. The molecule has 0 radical (unpaired) electrons. The van der Waals surface area contributed by atoms with Crippen LogP contribution in [0.3, 0.4) is 0 Å². The summed E-state index contributed by atoms with van der Waals surface area (Å²) in [7, 11) is 5.34. The lowest BCUT2D eigenvalue weighted by Crippen LogP contribution is -2.35. The van der Waals surface area contributed by atoms with Crippen molar-refractivity contribution < 1.29 is 19.4 Å². The van der Waals surface area contributed by atoms with Crippen LogP contribution in [0.4, 0.5) is 0 Å². The number of ether oxygens (including phenoxy) is 1. The van der Waals surface area contributed by atoms with Gasteiger partial charge in [0.05, 0.1) is 18.7 Å². The number of ketones is 1. The summed E-state index contributed by atoms with van der Waals surface area (Å²) in [5.74, 6) is -0.903. The molecule has 0 aliphatic carbocycles. The highest BCUT2D eigenvalue weighted by molar-refractivity contribution is 6.46. The Morgan fingerprint density at radius 3 is 2.28 bits per heavy atom. The van der Waals surface area contributed by atoms with Crippen LogP contribution < -0.4 is 4.74 Å². The van der Waals surface area contributed by atoms with Crippen molar-refractivity contribution in [2.24, 2.45) is 0 Å². The van der Waals surface area contributed by atoms with Crippen molar-refractivity contribution >= 4 is 29.1 Å². The molecular weight excluding hydrogens is 392 g/mol. The number of halogens is 1. The van der Waals surface area contributed by atoms with Gasteiger partial charge in [-0.3, -0.25) is 9.59 Å². The number of hydrogen-bond donors (Lipinski definition) is 1. The molecule has 1 aliphatic rings. The first kappa shape index (κ1) is 20.9. The van der Waals surface area contributed by atoms with Gasteiger partial charge in [-0.1, -0.05) is 23.7 Å². The summed E-state index contributed by atoms with van der Waals surface area (Å²) >= 11 is 6.01. The van der Waals surface area contributed by atoms with E-state index in [1.54, 1.807) is 55.6 Å². The second kappa shape index (κ2) is 8.68. The third kappa shape index (κ3) is 4.28. The molecule has 1 saturated heterocycles. The first-order chi connectivity index (χ1) is 13.8. The molecule has 0 spiro atoms. The summed E-state index contributed by atoms with van der Waals surface area (Å²) in [4.78, 5) is 29.1. The molecule has 1 heterocycles. The number of hydrogen-bond acceptors (Lipinski definition) is 5. The summed E-state index contributed by atoms with van der Waals surface area (Å²) < 4.78 is 5.14. The fraction of sp³-hybridized carbons (Fsp3) is 0.273. The van der Waals surface area contributed by atoms with Crippen LogP contribution in [0.15, 0.2) is 54.1 Å². The van der Waals surface area contributed by atoms with Crippen molar-refractivity contribution in [2.45, 2.75) is 6.04 Å². The number of carbonyl (C=O) groups is 2. The highest BCUT2D eigenvalue weighted by atomic mass is 35.5.